The maximum absolute atomic E-state index is 10.5. The minimum absolute atomic E-state index is 0. The first-order chi connectivity index (χ1) is 5.00. The van der Waals surface area contributed by atoms with Crippen LogP contribution in [0.3, 0.4) is 0 Å². The Labute approximate surface area is 70.9 Å². The Morgan fingerprint density at radius 2 is 1.58 bits per heavy atom. The molecule has 0 spiro atoms. The van der Waals surface area contributed by atoms with Gasteiger partial charge in [-0.1, -0.05) is 17.7 Å². The van der Waals surface area contributed by atoms with Crippen molar-refractivity contribution in [3.8, 4) is 0 Å². The highest BCUT2D eigenvalue weighted by molar-refractivity contribution is 7.85. The number of benzene rings is 1. The van der Waals surface area contributed by atoms with Crippen LogP contribution in [0, 0.1) is 6.92 Å². The highest BCUT2D eigenvalue weighted by Gasteiger charge is 2.06. The fourth-order valence-corrected chi connectivity index (χ4v) is 1.19. The lowest BCUT2D eigenvalue weighted by Crippen LogP contribution is -1.96. The number of hydrogen-bond donors (Lipinski definition) is 1. The first-order valence-electron chi connectivity index (χ1n) is 3.04. The molecule has 1 N–H and O–H groups in total. The fraction of sp³-hybridized carbons (Fsp3) is 0.143. The minimum Gasteiger partial charge on any atom is -0.282 e. The second-order valence-electron chi connectivity index (χ2n) is 2.29. The topological polar surface area (TPSA) is 82.9 Å². The molecule has 0 unspecified atom stereocenters. The van der Waals surface area contributed by atoms with Crippen LogP contribution in [0.5, 0.6) is 0 Å². The Hall–Kier alpha value is -0.910. The van der Waals surface area contributed by atoms with Crippen molar-refractivity contribution in [1.29, 1.82) is 0 Å². The van der Waals surface area contributed by atoms with Gasteiger partial charge >= 0.3 is 0 Å². The number of hydrogen-bond acceptors (Lipinski definition) is 2. The minimum atomic E-state index is -4.02. The van der Waals surface area contributed by atoms with E-state index in [4.69, 9.17) is 4.55 Å². The van der Waals surface area contributed by atoms with Crippen molar-refractivity contribution in [3.63, 3.8) is 0 Å². The van der Waals surface area contributed by atoms with E-state index >= 15 is 0 Å². The Bertz CT molecular complexity index is 338. The molecule has 0 amide bonds. The highest BCUT2D eigenvalue weighted by Crippen LogP contribution is 2.08. The second kappa shape index (κ2) is 3.66. The highest BCUT2D eigenvalue weighted by atomic mass is 32.2. The maximum atomic E-state index is 10.5. The number of aryl methyl sites for hydroxylation is 1. The normalized spacial score (nSPS) is 10.5. The summed E-state index contributed by atoms with van der Waals surface area (Å²) >= 11 is 0. The van der Waals surface area contributed by atoms with Crippen LogP contribution in [-0.2, 0) is 15.6 Å². The van der Waals surface area contributed by atoms with Gasteiger partial charge in [-0.3, -0.25) is 4.55 Å². The van der Waals surface area contributed by atoms with Crippen LogP contribution in [0.1, 0.15) is 5.56 Å². The lowest BCUT2D eigenvalue weighted by atomic mass is 10.2. The third-order valence-corrected chi connectivity index (χ3v) is 2.19. The van der Waals surface area contributed by atoms with Gasteiger partial charge in [-0.15, -0.1) is 0 Å². The summed E-state index contributed by atoms with van der Waals surface area (Å²) in [7, 11) is -4.02. The van der Waals surface area contributed by atoms with E-state index in [9.17, 15) is 8.42 Å². The van der Waals surface area contributed by atoms with E-state index in [2.05, 4.69) is 0 Å². The molecule has 12 heavy (non-hydrogen) atoms. The second-order valence-corrected chi connectivity index (χ2v) is 3.71. The van der Waals surface area contributed by atoms with Crippen LogP contribution in [0.25, 0.3) is 0 Å². The number of rotatable bonds is 1. The van der Waals surface area contributed by atoms with E-state index in [0.717, 1.165) is 5.56 Å². The maximum Gasteiger partial charge on any atom is 0.294 e. The van der Waals surface area contributed by atoms with E-state index in [0.29, 0.717) is 0 Å². The SMILES string of the molecule is Cc1ccc(S(=O)(=O)O)cc1.[O]. The summed E-state index contributed by atoms with van der Waals surface area (Å²) in [6.07, 6.45) is 0. The van der Waals surface area contributed by atoms with E-state index in [1.165, 1.54) is 12.1 Å². The average molecular weight is 188 g/mol. The van der Waals surface area contributed by atoms with Crippen molar-refractivity contribution in [1.82, 2.24) is 0 Å². The molecule has 1 aromatic rings. The molecule has 0 aliphatic heterocycles. The third kappa shape index (κ3) is 2.61. The molecule has 0 fully saturated rings. The first-order valence-corrected chi connectivity index (χ1v) is 4.48. The molecule has 0 atom stereocenters. The van der Waals surface area contributed by atoms with Gasteiger partial charge in [0.05, 0.1) is 4.90 Å². The lowest BCUT2D eigenvalue weighted by Gasteiger charge is -1.95. The van der Waals surface area contributed by atoms with Gasteiger partial charge in [-0.25, -0.2) is 0 Å². The Balaban J connectivity index is 0.00000121. The van der Waals surface area contributed by atoms with Crippen LogP contribution in [0.2, 0.25) is 0 Å². The zero-order valence-corrected chi connectivity index (χ0v) is 7.21. The monoisotopic (exact) mass is 188 g/mol. The van der Waals surface area contributed by atoms with Gasteiger partial charge in [0, 0.05) is 5.48 Å². The van der Waals surface area contributed by atoms with E-state index in [-0.39, 0.29) is 10.4 Å². The Kier molecular flexibility index (Phi) is 3.38. The molecule has 1 aromatic carbocycles. The van der Waals surface area contributed by atoms with E-state index < -0.39 is 10.1 Å². The van der Waals surface area contributed by atoms with Crippen molar-refractivity contribution >= 4 is 10.1 Å². The lowest BCUT2D eigenvalue weighted by molar-refractivity contribution is 0.483. The molecule has 0 aliphatic rings. The van der Waals surface area contributed by atoms with Gasteiger partial charge in [-0.05, 0) is 19.1 Å². The van der Waals surface area contributed by atoms with Crippen LogP contribution in [0.15, 0.2) is 29.2 Å². The molecule has 5 heteroatoms. The van der Waals surface area contributed by atoms with Gasteiger partial charge in [0.2, 0.25) is 0 Å². The molecular weight excluding hydrogens is 180 g/mol. The fourth-order valence-electron chi connectivity index (χ4n) is 0.710. The summed E-state index contributed by atoms with van der Waals surface area (Å²) in [4.78, 5) is -0.0666. The van der Waals surface area contributed by atoms with Gasteiger partial charge < -0.3 is 0 Å². The van der Waals surface area contributed by atoms with Crippen LogP contribution >= 0.6 is 0 Å². The summed E-state index contributed by atoms with van der Waals surface area (Å²) in [5.41, 5.74) is 0.956. The zero-order valence-electron chi connectivity index (χ0n) is 6.39. The van der Waals surface area contributed by atoms with Gasteiger partial charge in [-0.2, -0.15) is 8.42 Å². The van der Waals surface area contributed by atoms with Crippen molar-refractivity contribution in [3.05, 3.63) is 29.8 Å². The largest absolute Gasteiger partial charge is 0.294 e. The summed E-state index contributed by atoms with van der Waals surface area (Å²) in [6, 6.07) is 5.99. The molecule has 66 valence electrons. The van der Waals surface area contributed by atoms with Crippen LogP contribution in [0.4, 0.5) is 0 Å². The molecule has 4 nitrogen and oxygen atoms in total. The first kappa shape index (κ1) is 11.1. The van der Waals surface area contributed by atoms with Gasteiger partial charge in [0.15, 0.2) is 0 Å². The zero-order chi connectivity index (χ0) is 8.48. The molecule has 0 bridgehead atoms. The smallest absolute Gasteiger partial charge is 0.282 e. The van der Waals surface area contributed by atoms with Gasteiger partial charge in [0.1, 0.15) is 0 Å². The summed E-state index contributed by atoms with van der Waals surface area (Å²) in [6.45, 7) is 1.84. The molecule has 0 saturated carbocycles. The van der Waals surface area contributed by atoms with Crippen molar-refractivity contribution in [2.24, 2.45) is 0 Å². The van der Waals surface area contributed by atoms with Crippen molar-refractivity contribution in [2.75, 3.05) is 0 Å². The molecule has 0 saturated heterocycles. The van der Waals surface area contributed by atoms with Gasteiger partial charge in [0.25, 0.3) is 10.1 Å². The Morgan fingerprint density at radius 1 is 1.17 bits per heavy atom. The standard InChI is InChI=1S/C7H8O3S.O/c1-6-2-4-7(5-3-6)11(8,9)10;/h2-5H,1H3,(H,8,9,10);. The summed E-state index contributed by atoms with van der Waals surface area (Å²) in [5.74, 6) is 0. The predicted molar refractivity (Wildman–Crippen MR) is 41.7 cm³/mol. The van der Waals surface area contributed by atoms with Crippen LogP contribution < -0.4 is 0 Å². The Morgan fingerprint density at radius 3 is 1.92 bits per heavy atom. The predicted octanol–water partition coefficient (Wildman–Crippen LogP) is 1.12. The van der Waals surface area contributed by atoms with Crippen LogP contribution in [-0.4, -0.2) is 13.0 Å². The van der Waals surface area contributed by atoms with Crippen molar-refractivity contribution in [2.45, 2.75) is 11.8 Å². The molecule has 2 radical (unpaired) electrons. The van der Waals surface area contributed by atoms with Crippen molar-refractivity contribution < 1.29 is 18.4 Å². The molecule has 1 rings (SSSR count). The molecule has 0 heterocycles. The molecular formula is C7H8O4S. The average Bonchev–Trinajstić information content (AvgIpc) is 1.86. The van der Waals surface area contributed by atoms with E-state index in [1.807, 2.05) is 6.92 Å². The third-order valence-electron chi connectivity index (χ3n) is 1.32. The molecule has 0 aliphatic carbocycles. The quantitative estimate of drug-likeness (QED) is 0.670. The summed E-state index contributed by atoms with van der Waals surface area (Å²) < 4.78 is 29.6. The molecule has 0 aromatic heterocycles. The summed E-state index contributed by atoms with van der Waals surface area (Å²) in [5, 5.41) is 0. The van der Waals surface area contributed by atoms with E-state index in [1.54, 1.807) is 12.1 Å².